The van der Waals surface area contributed by atoms with E-state index < -0.39 is 16.8 Å². The lowest BCUT2D eigenvalue weighted by Crippen LogP contribution is -2.35. The molecule has 1 atom stereocenters. The highest BCUT2D eigenvalue weighted by Crippen LogP contribution is 2.19. The van der Waals surface area contributed by atoms with Crippen molar-refractivity contribution < 1.29 is 23.9 Å². The molecule has 9 heteroatoms. The van der Waals surface area contributed by atoms with Crippen molar-refractivity contribution in [2.75, 3.05) is 5.32 Å². The first-order valence-corrected chi connectivity index (χ1v) is 7.15. The van der Waals surface area contributed by atoms with Gasteiger partial charge in [0, 0.05) is 5.69 Å². The molecule has 0 radical (unpaired) electrons. The molecule has 0 saturated heterocycles. The minimum absolute atomic E-state index is 0.0794. The van der Waals surface area contributed by atoms with E-state index in [0.717, 1.165) is 11.8 Å². The predicted molar refractivity (Wildman–Crippen MR) is 77.9 cm³/mol. The topological polar surface area (TPSA) is 116 Å². The zero-order valence-corrected chi connectivity index (χ0v) is 12.6. The number of rotatable bonds is 5. The largest absolute Gasteiger partial charge is 0.478 e. The summed E-state index contributed by atoms with van der Waals surface area (Å²) in [7, 11) is 1.59. The first-order valence-electron chi connectivity index (χ1n) is 6.27. The lowest BCUT2D eigenvalue weighted by molar-refractivity contribution is -0.772. The Morgan fingerprint density at radius 3 is 2.77 bits per heavy atom. The van der Waals surface area contributed by atoms with Crippen molar-refractivity contribution in [1.29, 1.82) is 0 Å². The maximum absolute atomic E-state index is 12.1. The average molecular weight is 324 g/mol. The number of carboxylic acids is 1. The molecule has 0 aliphatic carbocycles. The van der Waals surface area contributed by atoms with E-state index in [1.54, 1.807) is 20.0 Å². The summed E-state index contributed by atoms with van der Waals surface area (Å²) in [6, 6.07) is 5.92. The number of carbonyl (C=O) groups excluding carboxylic acids is 1. The monoisotopic (exact) mass is 324 g/mol. The molecule has 0 bridgehead atoms. The van der Waals surface area contributed by atoms with Gasteiger partial charge in [-0.05, 0) is 42.2 Å². The van der Waals surface area contributed by atoms with Crippen molar-refractivity contribution in [2.24, 2.45) is 7.05 Å². The fraction of sp³-hybridized carbons (Fsp3) is 0.231. The summed E-state index contributed by atoms with van der Waals surface area (Å²) >= 11 is 1.04. The first kappa shape index (κ1) is 15.8. The normalized spacial score (nSPS) is 11.9. The number of nitrogens with zero attached hydrogens (tertiary/aromatic N) is 1. The molecule has 1 amide bonds. The Morgan fingerprint density at radius 1 is 1.45 bits per heavy atom. The van der Waals surface area contributed by atoms with Gasteiger partial charge < -0.3 is 10.4 Å². The quantitative estimate of drug-likeness (QED) is 0.548. The van der Waals surface area contributed by atoms with E-state index in [4.69, 9.17) is 5.11 Å². The van der Waals surface area contributed by atoms with Crippen molar-refractivity contribution in [3.8, 4) is 0 Å². The van der Waals surface area contributed by atoms with Crippen molar-refractivity contribution in [3.63, 3.8) is 0 Å². The number of benzene rings is 1. The number of anilines is 1. The smallest absolute Gasteiger partial charge is 0.441 e. The van der Waals surface area contributed by atoms with Gasteiger partial charge in [0.25, 0.3) is 0 Å². The molecule has 0 aliphatic heterocycles. The lowest BCUT2D eigenvalue weighted by Gasteiger charge is -2.09. The second kappa shape index (κ2) is 6.48. The maximum Gasteiger partial charge on any atom is 0.441 e. The number of nitrogens with one attached hydrogen (secondary N) is 2. The number of hydrogen-bond donors (Lipinski definition) is 3. The highest BCUT2D eigenvalue weighted by atomic mass is 32.2. The minimum atomic E-state index is -1.07. The summed E-state index contributed by atoms with van der Waals surface area (Å²) in [6.07, 6.45) is 0. The Balaban J connectivity index is 2.07. The Hall–Kier alpha value is -2.55. The van der Waals surface area contributed by atoms with E-state index in [9.17, 15) is 14.4 Å². The van der Waals surface area contributed by atoms with E-state index in [2.05, 4.69) is 15.1 Å². The van der Waals surface area contributed by atoms with Crippen LogP contribution >= 0.6 is 11.8 Å². The molecular weight excluding hydrogens is 310 g/mol. The third kappa shape index (κ3) is 3.55. The molecule has 0 spiro atoms. The molecular formula is C13H14N3O5S+. The maximum atomic E-state index is 12.1. The van der Waals surface area contributed by atoms with E-state index in [-0.39, 0.29) is 16.5 Å². The lowest BCUT2D eigenvalue weighted by atomic mass is 10.2. The number of aromatic amines is 1. The average Bonchev–Trinajstić information content (AvgIpc) is 2.79. The van der Waals surface area contributed by atoms with Gasteiger partial charge in [0.1, 0.15) is 0 Å². The summed E-state index contributed by atoms with van der Waals surface area (Å²) in [6.45, 7) is 1.63. The number of hydrogen-bond acceptors (Lipinski definition) is 5. The second-order valence-electron chi connectivity index (χ2n) is 4.48. The van der Waals surface area contributed by atoms with Gasteiger partial charge in [-0.3, -0.25) is 9.32 Å². The number of aromatic carboxylic acids is 1. The zero-order chi connectivity index (χ0) is 16.3. The number of thioether (sulfide) groups is 1. The van der Waals surface area contributed by atoms with Gasteiger partial charge in [-0.25, -0.2) is 9.59 Å². The van der Waals surface area contributed by atoms with Gasteiger partial charge >= 0.3 is 16.6 Å². The van der Waals surface area contributed by atoms with Crippen molar-refractivity contribution in [3.05, 3.63) is 40.2 Å². The molecule has 1 aromatic heterocycles. The number of carboxylic acid groups (broad SMARTS) is 1. The van der Waals surface area contributed by atoms with Crippen LogP contribution in [-0.4, -0.2) is 27.5 Å². The van der Waals surface area contributed by atoms with Gasteiger partial charge in [-0.1, -0.05) is 10.7 Å². The van der Waals surface area contributed by atoms with Gasteiger partial charge in [0.15, 0.2) is 7.05 Å². The molecule has 3 N–H and O–H groups in total. The first-order chi connectivity index (χ1) is 10.4. The summed E-state index contributed by atoms with van der Waals surface area (Å²) < 4.78 is 5.98. The van der Waals surface area contributed by atoms with E-state index >= 15 is 0 Å². The van der Waals surface area contributed by atoms with Crippen LogP contribution in [0.2, 0.25) is 0 Å². The van der Waals surface area contributed by atoms with Gasteiger partial charge in [0.2, 0.25) is 5.91 Å². The Kier molecular flexibility index (Phi) is 4.66. The molecule has 8 nitrogen and oxygen atoms in total. The Labute approximate surface area is 129 Å². The summed E-state index contributed by atoms with van der Waals surface area (Å²) in [5.41, 5.74) is -0.0985. The third-order valence-electron chi connectivity index (χ3n) is 2.79. The Morgan fingerprint density at radius 2 is 2.18 bits per heavy atom. The predicted octanol–water partition coefficient (Wildman–Crippen LogP) is 0.610. The molecule has 0 aliphatic rings. The summed E-state index contributed by atoms with van der Waals surface area (Å²) in [4.78, 5) is 34.4. The Bertz CT molecular complexity index is 767. The van der Waals surface area contributed by atoms with Crippen molar-refractivity contribution in [1.82, 2.24) is 5.27 Å². The van der Waals surface area contributed by atoms with E-state index in [1.165, 1.54) is 22.9 Å². The van der Waals surface area contributed by atoms with E-state index in [1.807, 2.05) is 0 Å². The highest BCUT2D eigenvalue weighted by molar-refractivity contribution is 8.00. The molecule has 1 unspecified atom stereocenters. The van der Waals surface area contributed by atoms with Gasteiger partial charge in [0.05, 0.1) is 10.8 Å². The van der Waals surface area contributed by atoms with Crippen LogP contribution < -0.4 is 15.6 Å². The molecule has 0 saturated carbocycles. The molecule has 22 heavy (non-hydrogen) atoms. The number of carbonyl (C=O) groups is 2. The fourth-order valence-corrected chi connectivity index (χ4v) is 2.49. The number of amides is 1. The third-order valence-corrected chi connectivity index (χ3v) is 4.02. The second-order valence-corrected chi connectivity index (χ2v) is 5.81. The number of H-pyrrole nitrogens is 1. The minimum Gasteiger partial charge on any atom is -0.478 e. The molecule has 0 fully saturated rings. The molecule has 2 aromatic rings. The molecule has 1 heterocycles. The van der Waals surface area contributed by atoms with Crippen molar-refractivity contribution in [2.45, 2.75) is 17.2 Å². The van der Waals surface area contributed by atoms with Gasteiger partial charge in [-0.2, -0.15) is 0 Å². The van der Waals surface area contributed by atoms with Crippen molar-refractivity contribution >= 4 is 29.3 Å². The number of aromatic nitrogens is 2. The van der Waals surface area contributed by atoms with Crippen LogP contribution in [0.3, 0.4) is 0 Å². The van der Waals surface area contributed by atoms with Gasteiger partial charge in [-0.15, -0.1) is 0 Å². The standard InChI is InChI=1S/C13H13N3O5S/c1-7(22-11-13(20)21-15-16(11)2)10(17)14-9-5-3-4-8(6-9)12(18)19/h3-7H,1-2H3,(H2-,14,15,17,18,19,20)/p+1. The van der Waals surface area contributed by atoms with E-state index in [0.29, 0.717) is 5.69 Å². The summed E-state index contributed by atoms with van der Waals surface area (Å²) in [5, 5.41) is 13.6. The van der Waals surface area contributed by atoms with Crippen LogP contribution in [0.4, 0.5) is 5.69 Å². The van der Waals surface area contributed by atoms with Crippen LogP contribution in [-0.2, 0) is 11.8 Å². The van der Waals surface area contributed by atoms with Crippen LogP contribution in [0.15, 0.2) is 38.6 Å². The molecule has 116 valence electrons. The number of aryl methyl sites for hydroxylation is 1. The fourth-order valence-electron chi connectivity index (χ4n) is 1.65. The molecule has 2 rings (SSSR count). The van der Waals surface area contributed by atoms with Crippen LogP contribution in [0, 0.1) is 0 Å². The zero-order valence-electron chi connectivity index (χ0n) is 11.8. The SMILES string of the molecule is CC(Sc1c(=O)o[nH][n+]1C)C(=O)Nc1cccc(C(=O)O)c1. The summed E-state index contributed by atoms with van der Waals surface area (Å²) in [5.74, 6) is -1.43. The molecule has 1 aromatic carbocycles. The van der Waals surface area contributed by atoms with Crippen LogP contribution in [0.5, 0.6) is 0 Å². The highest BCUT2D eigenvalue weighted by Gasteiger charge is 2.25. The van der Waals surface area contributed by atoms with Crippen LogP contribution in [0.25, 0.3) is 0 Å². The van der Waals surface area contributed by atoms with Crippen LogP contribution in [0.1, 0.15) is 17.3 Å².